The molecule has 1 aliphatic rings. The fraction of sp³-hybridized carbons (Fsp3) is 0.375. The molecule has 0 aliphatic carbocycles. The minimum absolute atomic E-state index is 0.846. The quantitative estimate of drug-likeness (QED) is 0.926. The van der Waals surface area contributed by atoms with E-state index in [1.165, 1.54) is 18.4 Å². The first-order valence-corrected chi connectivity index (χ1v) is 7.16. The summed E-state index contributed by atoms with van der Waals surface area (Å²) in [5, 5.41) is 3.40. The van der Waals surface area contributed by atoms with Gasteiger partial charge < -0.3 is 10.2 Å². The molecular weight excluding hydrogens is 248 g/mol. The number of nitrogens with zero attached hydrogens (tertiary/aromatic N) is 3. The third-order valence-corrected chi connectivity index (χ3v) is 3.64. The van der Waals surface area contributed by atoms with Crippen LogP contribution in [0.4, 0.5) is 17.5 Å². The average molecular weight is 268 g/mol. The zero-order valence-electron chi connectivity index (χ0n) is 12.1. The van der Waals surface area contributed by atoms with Crippen LogP contribution in [0, 0.1) is 13.8 Å². The molecule has 3 rings (SSSR count). The van der Waals surface area contributed by atoms with E-state index in [0.717, 1.165) is 36.2 Å². The molecule has 0 bridgehead atoms. The topological polar surface area (TPSA) is 41.1 Å². The van der Waals surface area contributed by atoms with Gasteiger partial charge in [-0.1, -0.05) is 18.2 Å². The first kappa shape index (κ1) is 12.9. The highest BCUT2D eigenvalue weighted by Gasteiger charge is 2.16. The second kappa shape index (κ2) is 5.49. The van der Waals surface area contributed by atoms with E-state index in [2.05, 4.69) is 39.2 Å². The number of aromatic nitrogens is 2. The van der Waals surface area contributed by atoms with Gasteiger partial charge in [-0.05, 0) is 38.3 Å². The number of nitrogens with one attached hydrogen (secondary N) is 1. The third kappa shape index (κ3) is 2.74. The first-order valence-electron chi connectivity index (χ1n) is 7.16. The van der Waals surface area contributed by atoms with E-state index in [1.807, 2.05) is 25.1 Å². The molecule has 2 aromatic rings. The molecule has 2 heterocycles. The molecule has 0 unspecified atom stereocenters. The van der Waals surface area contributed by atoms with E-state index in [0.29, 0.717) is 0 Å². The maximum atomic E-state index is 4.66. The minimum atomic E-state index is 0.846. The number of rotatable bonds is 3. The SMILES string of the molecule is Cc1cc(Nc2ccccc2C)nc(N2CCCC2)n1. The molecule has 0 radical (unpaired) electrons. The van der Waals surface area contributed by atoms with Crippen molar-refractivity contribution in [2.75, 3.05) is 23.3 Å². The van der Waals surface area contributed by atoms with Gasteiger partial charge >= 0.3 is 0 Å². The summed E-state index contributed by atoms with van der Waals surface area (Å²) in [6, 6.07) is 10.2. The number of aryl methyl sites for hydroxylation is 2. The number of anilines is 3. The molecular formula is C16H20N4. The van der Waals surface area contributed by atoms with Crippen molar-refractivity contribution in [1.82, 2.24) is 9.97 Å². The summed E-state index contributed by atoms with van der Waals surface area (Å²) in [5.74, 6) is 1.72. The lowest BCUT2D eigenvalue weighted by Crippen LogP contribution is -2.21. The third-order valence-electron chi connectivity index (χ3n) is 3.64. The summed E-state index contributed by atoms with van der Waals surface area (Å²) in [6.07, 6.45) is 2.47. The van der Waals surface area contributed by atoms with Crippen molar-refractivity contribution in [3.05, 3.63) is 41.6 Å². The lowest BCUT2D eigenvalue weighted by atomic mass is 10.2. The molecule has 4 nitrogen and oxygen atoms in total. The van der Waals surface area contributed by atoms with Crippen LogP contribution in [0.1, 0.15) is 24.1 Å². The van der Waals surface area contributed by atoms with Crippen LogP contribution in [-0.2, 0) is 0 Å². The second-order valence-electron chi connectivity index (χ2n) is 5.33. The predicted octanol–water partition coefficient (Wildman–Crippen LogP) is 3.44. The highest BCUT2D eigenvalue weighted by Crippen LogP contribution is 2.22. The summed E-state index contributed by atoms with van der Waals surface area (Å²) in [7, 11) is 0. The summed E-state index contributed by atoms with van der Waals surface area (Å²) >= 11 is 0. The van der Waals surface area contributed by atoms with Crippen molar-refractivity contribution < 1.29 is 0 Å². The van der Waals surface area contributed by atoms with E-state index in [4.69, 9.17) is 0 Å². The maximum Gasteiger partial charge on any atom is 0.227 e. The van der Waals surface area contributed by atoms with Crippen molar-refractivity contribution >= 4 is 17.5 Å². The van der Waals surface area contributed by atoms with Gasteiger partial charge in [0.25, 0.3) is 0 Å². The normalized spacial score (nSPS) is 14.6. The highest BCUT2D eigenvalue weighted by molar-refractivity contribution is 5.61. The van der Waals surface area contributed by atoms with E-state index < -0.39 is 0 Å². The largest absolute Gasteiger partial charge is 0.341 e. The van der Waals surface area contributed by atoms with Gasteiger partial charge in [0.05, 0.1) is 0 Å². The lowest BCUT2D eigenvalue weighted by Gasteiger charge is -2.17. The number of hydrogen-bond donors (Lipinski definition) is 1. The van der Waals surface area contributed by atoms with Crippen molar-refractivity contribution in [3.8, 4) is 0 Å². The molecule has 1 aromatic heterocycles. The zero-order chi connectivity index (χ0) is 13.9. The van der Waals surface area contributed by atoms with Crippen molar-refractivity contribution in [2.24, 2.45) is 0 Å². The molecule has 0 atom stereocenters. The van der Waals surface area contributed by atoms with Gasteiger partial charge in [-0.15, -0.1) is 0 Å². The smallest absolute Gasteiger partial charge is 0.227 e. The van der Waals surface area contributed by atoms with Gasteiger partial charge in [0.1, 0.15) is 5.82 Å². The van der Waals surface area contributed by atoms with Crippen LogP contribution < -0.4 is 10.2 Å². The van der Waals surface area contributed by atoms with Gasteiger partial charge in [0, 0.05) is 30.5 Å². The Morgan fingerprint density at radius 1 is 1.05 bits per heavy atom. The molecule has 0 amide bonds. The van der Waals surface area contributed by atoms with Crippen LogP contribution >= 0.6 is 0 Å². The van der Waals surface area contributed by atoms with Crippen LogP contribution in [0.2, 0.25) is 0 Å². The summed E-state index contributed by atoms with van der Waals surface area (Å²) in [5.41, 5.74) is 3.31. The molecule has 4 heteroatoms. The van der Waals surface area contributed by atoms with E-state index in [-0.39, 0.29) is 0 Å². The number of hydrogen-bond acceptors (Lipinski definition) is 4. The molecule has 0 spiro atoms. The van der Waals surface area contributed by atoms with Crippen LogP contribution in [0.15, 0.2) is 30.3 Å². The molecule has 1 aliphatic heterocycles. The Morgan fingerprint density at radius 2 is 1.80 bits per heavy atom. The average Bonchev–Trinajstić information content (AvgIpc) is 2.95. The minimum Gasteiger partial charge on any atom is -0.341 e. The van der Waals surface area contributed by atoms with Crippen molar-refractivity contribution in [2.45, 2.75) is 26.7 Å². The molecule has 1 saturated heterocycles. The molecule has 0 saturated carbocycles. The summed E-state index contributed by atoms with van der Waals surface area (Å²) < 4.78 is 0. The van der Waals surface area contributed by atoms with Gasteiger partial charge in [0.15, 0.2) is 0 Å². The molecule has 20 heavy (non-hydrogen) atoms. The molecule has 1 aromatic carbocycles. The maximum absolute atomic E-state index is 4.66. The highest BCUT2D eigenvalue weighted by atomic mass is 15.3. The Labute approximate surface area is 119 Å². The molecule has 1 fully saturated rings. The van der Waals surface area contributed by atoms with E-state index in [1.54, 1.807) is 0 Å². The standard InChI is InChI=1S/C16H20N4/c1-12-7-3-4-8-14(12)18-15-11-13(2)17-16(19-15)20-9-5-6-10-20/h3-4,7-8,11H,5-6,9-10H2,1-2H3,(H,17,18,19). The number of para-hydroxylation sites is 1. The summed E-state index contributed by atoms with van der Waals surface area (Å²) in [6.45, 7) is 6.24. The predicted molar refractivity (Wildman–Crippen MR) is 82.7 cm³/mol. The Hall–Kier alpha value is -2.10. The second-order valence-corrected chi connectivity index (χ2v) is 5.33. The van der Waals surface area contributed by atoms with Crippen LogP contribution in [0.3, 0.4) is 0 Å². The van der Waals surface area contributed by atoms with E-state index >= 15 is 0 Å². The van der Waals surface area contributed by atoms with Crippen LogP contribution in [-0.4, -0.2) is 23.1 Å². The Balaban J connectivity index is 1.88. The molecule has 1 N–H and O–H groups in total. The van der Waals surface area contributed by atoms with Crippen molar-refractivity contribution in [1.29, 1.82) is 0 Å². The van der Waals surface area contributed by atoms with E-state index in [9.17, 15) is 0 Å². The monoisotopic (exact) mass is 268 g/mol. The number of benzene rings is 1. The summed E-state index contributed by atoms with van der Waals surface area (Å²) in [4.78, 5) is 11.5. The Morgan fingerprint density at radius 3 is 2.55 bits per heavy atom. The zero-order valence-corrected chi connectivity index (χ0v) is 12.1. The van der Waals surface area contributed by atoms with Gasteiger partial charge in [-0.2, -0.15) is 4.98 Å². The van der Waals surface area contributed by atoms with Gasteiger partial charge in [-0.25, -0.2) is 4.98 Å². The van der Waals surface area contributed by atoms with Crippen molar-refractivity contribution in [3.63, 3.8) is 0 Å². The fourth-order valence-corrected chi connectivity index (χ4v) is 2.53. The molecule has 104 valence electrons. The lowest BCUT2D eigenvalue weighted by molar-refractivity contribution is 0.891. The van der Waals surface area contributed by atoms with Crippen LogP contribution in [0.25, 0.3) is 0 Å². The van der Waals surface area contributed by atoms with Gasteiger partial charge in [-0.3, -0.25) is 0 Å². The fourth-order valence-electron chi connectivity index (χ4n) is 2.53. The van der Waals surface area contributed by atoms with Gasteiger partial charge in [0.2, 0.25) is 5.95 Å². The Kier molecular flexibility index (Phi) is 3.54. The first-order chi connectivity index (χ1) is 9.72. The van der Waals surface area contributed by atoms with Crippen LogP contribution in [0.5, 0.6) is 0 Å². The Bertz CT molecular complexity index is 603.